The highest BCUT2D eigenvalue weighted by Gasteiger charge is 2.15. The molecule has 0 saturated heterocycles. The van der Waals surface area contributed by atoms with Gasteiger partial charge in [0.1, 0.15) is 12.2 Å². The fourth-order valence-electron chi connectivity index (χ4n) is 2.41. The molecule has 0 bridgehead atoms. The second-order valence-corrected chi connectivity index (χ2v) is 5.34. The van der Waals surface area contributed by atoms with Gasteiger partial charge in [0, 0.05) is 30.2 Å². The third-order valence-corrected chi connectivity index (χ3v) is 3.47. The van der Waals surface area contributed by atoms with Gasteiger partial charge in [0.2, 0.25) is 0 Å². The molecule has 1 aromatic heterocycles. The fourth-order valence-corrected chi connectivity index (χ4v) is 2.41. The molecule has 2 N–H and O–H groups in total. The van der Waals surface area contributed by atoms with Gasteiger partial charge >= 0.3 is 11.9 Å². The number of fused-ring (bicyclic) bond motifs is 1. The lowest BCUT2D eigenvalue weighted by molar-refractivity contribution is -0.145. The molecule has 0 radical (unpaired) electrons. The molecule has 0 amide bonds. The van der Waals surface area contributed by atoms with Crippen molar-refractivity contribution in [3.63, 3.8) is 0 Å². The van der Waals surface area contributed by atoms with Crippen molar-refractivity contribution in [1.82, 2.24) is 9.88 Å². The number of aromatic nitrogens is 1. The lowest BCUT2D eigenvalue weighted by Gasteiger charge is -2.14. The molecule has 1 aromatic carbocycles. The number of carboxylic acid groups (broad SMARTS) is 1. The number of carbonyl (C=O) groups is 2. The number of carbonyl (C=O) groups excluding carboxylic acids is 1. The predicted molar refractivity (Wildman–Crippen MR) is 87.6 cm³/mol. The minimum atomic E-state index is -1.21. The zero-order valence-corrected chi connectivity index (χ0v) is 13.0. The van der Waals surface area contributed by atoms with E-state index in [1.165, 1.54) is 0 Å². The van der Waals surface area contributed by atoms with E-state index in [0.29, 0.717) is 5.75 Å². The standard InChI is InChI=1S/C17H20N2O4/c1-3-8-19(2)9-7-12-11-18-13-5-4-6-14(17(12)13)23-16(22)10-15(20)21/h3-6,11,18H,1,7-10H2,2H3,(H,20,21). The number of H-pyrrole nitrogens is 1. The molecule has 23 heavy (non-hydrogen) atoms. The maximum Gasteiger partial charge on any atom is 0.322 e. The van der Waals surface area contributed by atoms with Gasteiger partial charge in [-0.3, -0.25) is 9.59 Å². The molecule has 0 fully saturated rings. The smallest absolute Gasteiger partial charge is 0.322 e. The molecule has 6 heteroatoms. The molecule has 122 valence electrons. The van der Waals surface area contributed by atoms with E-state index in [9.17, 15) is 9.59 Å². The van der Waals surface area contributed by atoms with Crippen molar-refractivity contribution in [2.24, 2.45) is 0 Å². The Labute approximate surface area is 134 Å². The molecule has 6 nitrogen and oxygen atoms in total. The molecule has 0 aliphatic rings. The van der Waals surface area contributed by atoms with E-state index in [1.807, 2.05) is 25.4 Å². The van der Waals surface area contributed by atoms with Crippen LogP contribution in [-0.4, -0.2) is 47.1 Å². The highest BCUT2D eigenvalue weighted by Crippen LogP contribution is 2.29. The van der Waals surface area contributed by atoms with Crippen LogP contribution < -0.4 is 4.74 Å². The summed E-state index contributed by atoms with van der Waals surface area (Å²) in [5, 5.41) is 9.48. The Hall–Kier alpha value is -2.60. The van der Waals surface area contributed by atoms with Gasteiger partial charge in [-0.05, 0) is 31.2 Å². The van der Waals surface area contributed by atoms with E-state index in [-0.39, 0.29) is 0 Å². The minimum absolute atomic E-state index is 0.386. The maximum atomic E-state index is 11.6. The number of benzene rings is 1. The number of nitrogens with zero attached hydrogens (tertiary/aromatic N) is 1. The average molecular weight is 316 g/mol. The summed E-state index contributed by atoms with van der Waals surface area (Å²) >= 11 is 0. The molecule has 0 aliphatic carbocycles. The van der Waals surface area contributed by atoms with Gasteiger partial charge in [0.25, 0.3) is 0 Å². The molecule has 0 unspecified atom stereocenters. The van der Waals surface area contributed by atoms with Crippen molar-refractivity contribution in [2.45, 2.75) is 12.8 Å². The number of likely N-dealkylation sites (N-methyl/N-ethyl adjacent to an activating group) is 1. The lowest BCUT2D eigenvalue weighted by Crippen LogP contribution is -2.21. The molecule has 2 aromatic rings. The normalized spacial score (nSPS) is 10.9. The monoisotopic (exact) mass is 316 g/mol. The Bertz CT molecular complexity index is 720. The summed E-state index contributed by atoms with van der Waals surface area (Å²) in [6.07, 6.45) is 3.85. The summed E-state index contributed by atoms with van der Waals surface area (Å²) in [5.41, 5.74) is 1.88. The number of hydrogen-bond donors (Lipinski definition) is 2. The number of aromatic amines is 1. The zero-order chi connectivity index (χ0) is 16.8. The van der Waals surface area contributed by atoms with Crippen molar-refractivity contribution < 1.29 is 19.4 Å². The van der Waals surface area contributed by atoms with Crippen molar-refractivity contribution >= 4 is 22.8 Å². The van der Waals surface area contributed by atoms with E-state index >= 15 is 0 Å². The first-order chi connectivity index (χ1) is 11.0. The molecule has 0 spiro atoms. The SMILES string of the molecule is C=CCN(C)CCc1c[nH]c2cccc(OC(=O)CC(=O)O)c12. The largest absolute Gasteiger partial charge is 0.481 e. The number of hydrogen-bond acceptors (Lipinski definition) is 4. The first-order valence-corrected chi connectivity index (χ1v) is 7.32. The molecule has 2 rings (SSSR count). The Kier molecular flexibility index (Phi) is 5.54. The molecule has 0 saturated carbocycles. The number of rotatable bonds is 8. The van der Waals surface area contributed by atoms with Crippen LogP contribution >= 0.6 is 0 Å². The summed E-state index contributed by atoms with van der Waals surface area (Å²) in [7, 11) is 2.00. The lowest BCUT2D eigenvalue weighted by atomic mass is 10.1. The van der Waals surface area contributed by atoms with Crippen molar-refractivity contribution in [3.8, 4) is 5.75 Å². The molecule has 0 atom stereocenters. The second kappa shape index (κ2) is 7.60. The van der Waals surface area contributed by atoms with Gasteiger partial charge in [-0.15, -0.1) is 6.58 Å². The van der Waals surface area contributed by atoms with Gasteiger partial charge in [0.15, 0.2) is 0 Å². The summed E-state index contributed by atoms with van der Waals surface area (Å²) in [6.45, 7) is 5.34. The van der Waals surface area contributed by atoms with Gasteiger partial charge < -0.3 is 19.7 Å². The van der Waals surface area contributed by atoms with Gasteiger partial charge in [0.05, 0.1) is 0 Å². The van der Waals surface area contributed by atoms with E-state index in [0.717, 1.165) is 36.0 Å². The first-order valence-electron chi connectivity index (χ1n) is 7.32. The van der Waals surface area contributed by atoms with Crippen molar-refractivity contribution in [3.05, 3.63) is 42.6 Å². The van der Waals surface area contributed by atoms with Crippen LogP contribution in [0.5, 0.6) is 5.75 Å². The van der Waals surface area contributed by atoms with Crippen LogP contribution in [0.15, 0.2) is 37.1 Å². The third-order valence-electron chi connectivity index (χ3n) is 3.47. The quantitative estimate of drug-likeness (QED) is 0.338. The van der Waals surface area contributed by atoms with Crippen molar-refractivity contribution in [1.29, 1.82) is 0 Å². The van der Waals surface area contributed by atoms with Crippen LogP contribution in [0.3, 0.4) is 0 Å². The maximum absolute atomic E-state index is 11.6. The average Bonchev–Trinajstić information content (AvgIpc) is 2.89. The van der Waals surface area contributed by atoms with Crippen LogP contribution in [-0.2, 0) is 16.0 Å². The van der Waals surface area contributed by atoms with E-state index in [1.54, 1.807) is 12.1 Å². The minimum Gasteiger partial charge on any atom is -0.481 e. The number of esters is 1. The van der Waals surface area contributed by atoms with Crippen LogP contribution in [0, 0.1) is 0 Å². The van der Waals surface area contributed by atoms with Crippen LogP contribution in [0.1, 0.15) is 12.0 Å². The van der Waals surface area contributed by atoms with Crippen molar-refractivity contribution in [2.75, 3.05) is 20.1 Å². The topological polar surface area (TPSA) is 82.6 Å². The van der Waals surface area contributed by atoms with Gasteiger partial charge in [-0.2, -0.15) is 0 Å². The Balaban J connectivity index is 2.21. The highest BCUT2D eigenvalue weighted by atomic mass is 16.5. The van der Waals surface area contributed by atoms with Crippen LogP contribution in [0.4, 0.5) is 0 Å². The second-order valence-electron chi connectivity index (χ2n) is 5.34. The van der Waals surface area contributed by atoms with Crippen LogP contribution in [0.25, 0.3) is 10.9 Å². The van der Waals surface area contributed by atoms with E-state index in [2.05, 4.69) is 16.5 Å². The van der Waals surface area contributed by atoms with E-state index < -0.39 is 18.4 Å². The molecular formula is C17H20N2O4. The number of aliphatic carboxylic acids is 1. The van der Waals surface area contributed by atoms with E-state index in [4.69, 9.17) is 9.84 Å². The summed E-state index contributed by atoms with van der Waals surface area (Å²) in [5.74, 6) is -1.60. The Morgan fingerprint density at radius 2 is 2.22 bits per heavy atom. The Morgan fingerprint density at radius 1 is 1.43 bits per heavy atom. The first kappa shape index (κ1) is 16.8. The summed E-state index contributed by atoms with van der Waals surface area (Å²) in [4.78, 5) is 27.5. The Morgan fingerprint density at radius 3 is 2.91 bits per heavy atom. The number of carboxylic acids is 1. The summed E-state index contributed by atoms with van der Waals surface area (Å²) < 4.78 is 5.22. The fraction of sp³-hybridized carbons (Fsp3) is 0.294. The molecule has 0 aliphatic heterocycles. The highest BCUT2D eigenvalue weighted by molar-refractivity contribution is 5.95. The predicted octanol–water partition coefficient (Wildman–Crippen LogP) is 2.21. The number of nitrogens with one attached hydrogen (secondary N) is 1. The third kappa shape index (κ3) is 4.43. The molecule has 1 heterocycles. The summed E-state index contributed by atoms with van der Waals surface area (Å²) in [6, 6.07) is 5.32. The molecular weight excluding hydrogens is 296 g/mol. The number of ether oxygens (including phenoxy) is 1. The van der Waals surface area contributed by atoms with Gasteiger partial charge in [-0.1, -0.05) is 12.1 Å². The van der Waals surface area contributed by atoms with Gasteiger partial charge in [-0.25, -0.2) is 0 Å². The zero-order valence-electron chi connectivity index (χ0n) is 13.0. The van der Waals surface area contributed by atoms with Crippen LogP contribution in [0.2, 0.25) is 0 Å².